The molecular formula is C17H20BrNO4S2. The van der Waals surface area contributed by atoms with E-state index in [0.717, 1.165) is 5.56 Å². The molecule has 2 aromatic rings. The van der Waals surface area contributed by atoms with Crippen LogP contribution in [0.1, 0.15) is 5.56 Å². The van der Waals surface area contributed by atoms with Gasteiger partial charge in [-0.2, -0.15) is 0 Å². The molecule has 0 radical (unpaired) electrons. The number of hydrogen-bond acceptors (Lipinski definition) is 4. The number of alkyl halides is 1. The summed E-state index contributed by atoms with van der Waals surface area (Å²) in [5.74, 6) is -0.0259. The van der Waals surface area contributed by atoms with E-state index in [1.165, 1.54) is 12.1 Å². The fourth-order valence-electron chi connectivity index (χ4n) is 2.15. The van der Waals surface area contributed by atoms with Crippen LogP contribution in [-0.4, -0.2) is 41.0 Å². The predicted octanol–water partition coefficient (Wildman–Crippen LogP) is 2.21. The van der Waals surface area contributed by atoms with E-state index in [4.69, 9.17) is 0 Å². The Morgan fingerprint density at radius 1 is 1.12 bits per heavy atom. The molecule has 0 amide bonds. The maximum Gasteiger partial charge on any atom is 0.240 e. The molecule has 0 spiro atoms. The van der Waals surface area contributed by atoms with Crippen molar-refractivity contribution in [3.05, 3.63) is 60.2 Å². The van der Waals surface area contributed by atoms with Crippen molar-refractivity contribution in [2.75, 3.05) is 11.1 Å². The van der Waals surface area contributed by atoms with Crippen LogP contribution in [0.25, 0.3) is 0 Å². The number of benzene rings is 2. The molecule has 0 saturated heterocycles. The molecule has 3 atom stereocenters. The number of aryl methyl sites for hydroxylation is 1. The lowest BCUT2D eigenvalue weighted by Gasteiger charge is -2.22. The quantitative estimate of drug-likeness (QED) is 0.610. The molecule has 0 fully saturated rings. The van der Waals surface area contributed by atoms with E-state index >= 15 is 0 Å². The minimum Gasteiger partial charge on any atom is -0.391 e. The van der Waals surface area contributed by atoms with E-state index < -0.39 is 33.0 Å². The Labute approximate surface area is 159 Å². The van der Waals surface area contributed by atoms with Gasteiger partial charge >= 0.3 is 0 Å². The maximum atomic E-state index is 12.6. The van der Waals surface area contributed by atoms with Crippen molar-refractivity contribution in [3.8, 4) is 0 Å². The highest BCUT2D eigenvalue weighted by molar-refractivity contribution is 9.09. The largest absolute Gasteiger partial charge is 0.391 e. The van der Waals surface area contributed by atoms with Gasteiger partial charge in [0.05, 0.1) is 27.8 Å². The highest BCUT2D eigenvalue weighted by Crippen LogP contribution is 2.14. The molecule has 0 aliphatic carbocycles. The van der Waals surface area contributed by atoms with Crippen LogP contribution in [0.4, 0.5) is 0 Å². The molecule has 25 heavy (non-hydrogen) atoms. The molecule has 8 heteroatoms. The molecule has 0 heterocycles. The molecule has 0 aliphatic heterocycles. The zero-order valence-corrected chi connectivity index (χ0v) is 16.9. The molecule has 0 bridgehead atoms. The summed E-state index contributed by atoms with van der Waals surface area (Å²) in [6.45, 7) is 1.87. The third-order valence-electron chi connectivity index (χ3n) is 3.60. The lowest BCUT2D eigenvalue weighted by atomic mass is 10.2. The van der Waals surface area contributed by atoms with E-state index in [1.807, 2.05) is 13.0 Å². The molecule has 5 nitrogen and oxygen atoms in total. The van der Waals surface area contributed by atoms with Crippen molar-refractivity contribution < 1.29 is 17.7 Å². The van der Waals surface area contributed by atoms with Gasteiger partial charge in [-0.05, 0) is 31.2 Å². The zero-order valence-electron chi connectivity index (χ0n) is 13.6. The van der Waals surface area contributed by atoms with Gasteiger partial charge in [0.1, 0.15) is 0 Å². The van der Waals surface area contributed by atoms with Crippen molar-refractivity contribution in [3.63, 3.8) is 0 Å². The van der Waals surface area contributed by atoms with Gasteiger partial charge < -0.3 is 5.11 Å². The Hall–Kier alpha value is -1.06. The lowest BCUT2D eigenvalue weighted by molar-refractivity contribution is 0.170. The first-order chi connectivity index (χ1) is 11.8. The van der Waals surface area contributed by atoms with Crippen molar-refractivity contribution in [1.29, 1.82) is 0 Å². The molecular weight excluding hydrogens is 426 g/mol. The van der Waals surface area contributed by atoms with Crippen molar-refractivity contribution in [2.24, 2.45) is 0 Å². The monoisotopic (exact) mass is 445 g/mol. The normalized spacial score (nSPS) is 15.5. The maximum absolute atomic E-state index is 12.6. The number of sulfonamides is 1. The summed E-state index contributed by atoms with van der Waals surface area (Å²) in [6.07, 6.45) is -1.01. The third kappa shape index (κ3) is 5.72. The average molecular weight is 446 g/mol. The summed E-state index contributed by atoms with van der Waals surface area (Å²) in [5.41, 5.74) is 0.946. The van der Waals surface area contributed by atoms with Crippen LogP contribution in [-0.2, 0) is 20.8 Å². The van der Waals surface area contributed by atoms with Gasteiger partial charge in [0.15, 0.2) is 0 Å². The van der Waals surface area contributed by atoms with Crippen LogP contribution in [0.15, 0.2) is 64.4 Å². The summed E-state index contributed by atoms with van der Waals surface area (Å²) in [4.78, 5) is 0.694. The van der Waals surface area contributed by atoms with Gasteiger partial charge in [-0.3, -0.25) is 4.21 Å². The Balaban J connectivity index is 2.20. The summed E-state index contributed by atoms with van der Waals surface area (Å²) in [5, 5.41) is 10.3. The Bertz CT molecular complexity index is 810. The number of hydrogen-bond donors (Lipinski definition) is 2. The molecule has 0 aliphatic rings. The number of aliphatic hydroxyl groups is 1. The molecule has 136 valence electrons. The van der Waals surface area contributed by atoms with Crippen molar-refractivity contribution >= 4 is 36.8 Å². The van der Waals surface area contributed by atoms with Crippen molar-refractivity contribution in [1.82, 2.24) is 4.72 Å². The first-order valence-electron chi connectivity index (χ1n) is 7.60. The summed E-state index contributed by atoms with van der Waals surface area (Å²) < 4.78 is 40.1. The minimum absolute atomic E-state index is 0.0259. The molecule has 2 rings (SSSR count). The molecule has 2 N–H and O–H groups in total. The smallest absolute Gasteiger partial charge is 0.240 e. The molecule has 0 aromatic heterocycles. The topological polar surface area (TPSA) is 83.5 Å². The highest BCUT2D eigenvalue weighted by Gasteiger charge is 2.27. The first kappa shape index (κ1) is 20.3. The van der Waals surface area contributed by atoms with Crippen molar-refractivity contribution in [2.45, 2.75) is 28.9 Å². The van der Waals surface area contributed by atoms with Gasteiger partial charge in [0.2, 0.25) is 10.0 Å². The fourth-order valence-corrected chi connectivity index (χ4v) is 5.26. The van der Waals surface area contributed by atoms with E-state index in [1.54, 1.807) is 36.4 Å². The van der Waals surface area contributed by atoms with Crippen LogP contribution in [0.3, 0.4) is 0 Å². The lowest BCUT2D eigenvalue weighted by Crippen LogP contribution is -2.47. The van der Waals surface area contributed by atoms with Gasteiger partial charge in [0, 0.05) is 16.0 Å². The third-order valence-corrected chi connectivity index (χ3v) is 7.23. The standard InChI is InChI=1S/C17H20BrNO4S2/c1-13-7-9-15(10-8-13)25(22,23)19-16(17(20)11-18)12-24(21)14-5-3-2-4-6-14/h2-10,16-17,19-20H,11-12H2,1H3/t16-,17-,24?/m0/s1. The minimum atomic E-state index is -3.82. The number of nitrogens with one attached hydrogen (secondary N) is 1. The summed E-state index contributed by atoms with van der Waals surface area (Å²) in [6, 6.07) is 14.3. The number of rotatable bonds is 8. The van der Waals surface area contributed by atoms with E-state index in [2.05, 4.69) is 20.7 Å². The van der Waals surface area contributed by atoms with Crippen LogP contribution >= 0.6 is 15.9 Å². The van der Waals surface area contributed by atoms with Crippen LogP contribution in [0.5, 0.6) is 0 Å². The summed E-state index contributed by atoms with van der Waals surface area (Å²) in [7, 11) is -5.26. The van der Waals surface area contributed by atoms with Gasteiger partial charge in [-0.25, -0.2) is 13.1 Å². The number of aliphatic hydroxyl groups excluding tert-OH is 1. The van der Waals surface area contributed by atoms with Gasteiger partial charge in [-0.1, -0.05) is 51.8 Å². The van der Waals surface area contributed by atoms with Crippen LogP contribution in [0.2, 0.25) is 0 Å². The van der Waals surface area contributed by atoms with Gasteiger partial charge in [-0.15, -0.1) is 0 Å². The van der Waals surface area contributed by atoms with Crippen LogP contribution < -0.4 is 4.72 Å². The van der Waals surface area contributed by atoms with E-state index in [-0.39, 0.29) is 16.0 Å². The average Bonchev–Trinajstić information content (AvgIpc) is 2.61. The first-order valence-corrected chi connectivity index (χ1v) is 11.5. The second kappa shape index (κ2) is 9.05. The Morgan fingerprint density at radius 2 is 1.72 bits per heavy atom. The molecule has 0 saturated carbocycles. The molecule has 1 unspecified atom stereocenters. The Kier molecular flexibility index (Phi) is 7.33. The number of halogens is 1. The molecule has 2 aromatic carbocycles. The van der Waals surface area contributed by atoms with E-state index in [9.17, 15) is 17.7 Å². The highest BCUT2D eigenvalue weighted by atomic mass is 79.9. The second-order valence-electron chi connectivity index (χ2n) is 5.59. The predicted molar refractivity (Wildman–Crippen MR) is 103 cm³/mol. The Morgan fingerprint density at radius 3 is 2.28 bits per heavy atom. The second-order valence-corrected chi connectivity index (χ2v) is 9.44. The SMILES string of the molecule is Cc1ccc(S(=O)(=O)N[C@@H](CS(=O)c2ccccc2)[C@@H](O)CBr)cc1. The zero-order chi connectivity index (χ0) is 18.4. The summed E-state index contributed by atoms with van der Waals surface area (Å²) >= 11 is 3.15. The van der Waals surface area contributed by atoms with Gasteiger partial charge in [0.25, 0.3) is 0 Å². The fraction of sp³-hybridized carbons (Fsp3) is 0.294. The van der Waals surface area contributed by atoms with E-state index in [0.29, 0.717) is 4.90 Å². The van der Waals surface area contributed by atoms with Crippen LogP contribution in [0, 0.1) is 6.92 Å².